The second kappa shape index (κ2) is 7.46. The average molecular weight is 345 g/mol. The molecule has 25 heavy (non-hydrogen) atoms. The van der Waals surface area contributed by atoms with Crippen LogP contribution in [0.25, 0.3) is 0 Å². The van der Waals surface area contributed by atoms with Crippen molar-refractivity contribution in [2.75, 3.05) is 32.7 Å². The highest BCUT2D eigenvalue weighted by atomic mass is 16.2. The molecule has 0 saturated carbocycles. The van der Waals surface area contributed by atoms with E-state index < -0.39 is 0 Å². The molecular weight excluding hydrogens is 314 g/mol. The lowest BCUT2D eigenvalue weighted by atomic mass is 9.82. The molecule has 1 aromatic rings. The van der Waals surface area contributed by atoms with Gasteiger partial charge in [0.15, 0.2) is 0 Å². The molecule has 3 saturated heterocycles. The number of likely N-dealkylation sites (tertiary alicyclic amines) is 2. The Morgan fingerprint density at radius 2 is 2.08 bits per heavy atom. The number of H-pyrrole nitrogens is 1. The highest BCUT2D eigenvalue weighted by Gasteiger charge is 2.40. The minimum atomic E-state index is 0.400. The van der Waals surface area contributed by atoms with Crippen molar-refractivity contribution in [2.45, 2.75) is 51.6 Å². The molecule has 1 amide bonds. The Balaban J connectivity index is 1.37. The van der Waals surface area contributed by atoms with Crippen molar-refractivity contribution in [1.82, 2.24) is 25.1 Å². The number of amides is 1. The van der Waals surface area contributed by atoms with Gasteiger partial charge < -0.3 is 15.2 Å². The summed E-state index contributed by atoms with van der Waals surface area (Å²) in [5.41, 5.74) is 1.20. The molecule has 0 spiro atoms. The third kappa shape index (κ3) is 3.90. The molecule has 0 unspecified atom stereocenters. The van der Waals surface area contributed by atoms with Gasteiger partial charge in [-0.3, -0.25) is 9.69 Å². The van der Waals surface area contributed by atoms with Crippen LogP contribution in [0.3, 0.4) is 0 Å². The van der Waals surface area contributed by atoms with Gasteiger partial charge >= 0.3 is 0 Å². The molecule has 4 rings (SSSR count). The number of piperidine rings is 3. The van der Waals surface area contributed by atoms with Crippen molar-refractivity contribution in [3.8, 4) is 0 Å². The van der Waals surface area contributed by atoms with Crippen LogP contribution in [0.4, 0.5) is 0 Å². The maximum Gasteiger partial charge on any atom is 0.222 e. The zero-order chi connectivity index (χ0) is 17.2. The van der Waals surface area contributed by atoms with Crippen LogP contribution in [0.5, 0.6) is 0 Å². The van der Waals surface area contributed by atoms with Crippen molar-refractivity contribution in [1.29, 1.82) is 0 Å². The van der Waals surface area contributed by atoms with E-state index >= 15 is 0 Å². The van der Waals surface area contributed by atoms with E-state index in [4.69, 9.17) is 0 Å². The Kier molecular flexibility index (Phi) is 5.08. The van der Waals surface area contributed by atoms with Gasteiger partial charge in [-0.25, -0.2) is 4.98 Å². The maximum atomic E-state index is 12.6. The molecule has 3 aliphatic rings. The molecule has 6 heteroatoms. The van der Waals surface area contributed by atoms with Gasteiger partial charge in [-0.1, -0.05) is 0 Å². The lowest BCUT2D eigenvalue weighted by Crippen LogP contribution is -2.57. The molecule has 2 N–H and O–H groups in total. The van der Waals surface area contributed by atoms with Crippen LogP contribution in [0, 0.1) is 18.8 Å². The highest BCUT2D eigenvalue weighted by Crippen LogP contribution is 2.33. The van der Waals surface area contributed by atoms with E-state index in [0.29, 0.717) is 23.8 Å². The van der Waals surface area contributed by atoms with E-state index in [1.54, 1.807) is 0 Å². The maximum absolute atomic E-state index is 12.6. The molecule has 2 atom stereocenters. The third-order valence-corrected chi connectivity index (χ3v) is 6.29. The molecule has 0 aliphatic carbocycles. The van der Waals surface area contributed by atoms with E-state index in [-0.39, 0.29) is 0 Å². The number of fused-ring (bicyclic) bond motifs is 1. The number of aryl methyl sites for hydroxylation is 1. The summed E-state index contributed by atoms with van der Waals surface area (Å²) in [6, 6.07) is 0.468. The predicted molar refractivity (Wildman–Crippen MR) is 97.0 cm³/mol. The number of aromatic amines is 1. The number of carbonyl (C=O) groups excluding carboxylic acids is 1. The topological polar surface area (TPSA) is 64.3 Å². The van der Waals surface area contributed by atoms with Crippen LogP contribution in [-0.2, 0) is 11.3 Å². The van der Waals surface area contributed by atoms with Gasteiger partial charge in [0.1, 0.15) is 5.82 Å². The van der Waals surface area contributed by atoms with Crippen LogP contribution in [0.1, 0.15) is 43.6 Å². The van der Waals surface area contributed by atoms with E-state index in [0.717, 1.165) is 64.4 Å². The minimum absolute atomic E-state index is 0.400. The molecule has 0 aromatic carbocycles. The number of nitrogens with zero attached hydrogens (tertiary/aromatic N) is 3. The van der Waals surface area contributed by atoms with Crippen molar-refractivity contribution in [3.05, 3.63) is 17.7 Å². The summed E-state index contributed by atoms with van der Waals surface area (Å²) in [7, 11) is 0. The predicted octanol–water partition coefficient (Wildman–Crippen LogP) is 1.53. The quantitative estimate of drug-likeness (QED) is 0.869. The zero-order valence-corrected chi connectivity index (χ0v) is 15.3. The first-order chi connectivity index (χ1) is 12.2. The SMILES string of the molecule is Cc1ncc(CN2CC[C@@H]3[C@@H](CCC(=O)N3CC3CCNCC3)C2)[nH]1. The fraction of sp³-hybridized carbons (Fsp3) is 0.789. The fourth-order valence-corrected chi connectivity index (χ4v) is 4.94. The lowest BCUT2D eigenvalue weighted by molar-refractivity contribution is -0.142. The molecule has 3 aliphatic heterocycles. The van der Waals surface area contributed by atoms with E-state index in [9.17, 15) is 4.79 Å². The van der Waals surface area contributed by atoms with Crippen LogP contribution < -0.4 is 5.32 Å². The van der Waals surface area contributed by atoms with Gasteiger partial charge in [-0.15, -0.1) is 0 Å². The number of imidazole rings is 1. The van der Waals surface area contributed by atoms with Crippen molar-refractivity contribution < 1.29 is 4.79 Å². The normalized spacial score (nSPS) is 29.0. The van der Waals surface area contributed by atoms with E-state index in [2.05, 4.69) is 25.1 Å². The molecule has 1 aromatic heterocycles. The van der Waals surface area contributed by atoms with Crippen molar-refractivity contribution >= 4 is 5.91 Å². The summed E-state index contributed by atoms with van der Waals surface area (Å²) in [6.07, 6.45) is 7.30. The summed E-state index contributed by atoms with van der Waals surface area (Å²) < 4.78 is 0. The van der Waals surface area contributed by atoms with Gasteiger partial charge in [0.25, 0.3) is 0 Å². The molecule has 138 valence electrons. The molecule has 4 heterocycles. The number of carbonyl (C=O) groups is 1. The average Bonchev–Trinajstić information content (AvgIpc) is 3.03. The van der Waals surface area contributed by atoms with E-state index in [1.165, 1.54) is 18.5 Å². The van der Waals surface area contributed by atoms with Gasteiger partial charge in [-0.05, 0) is 57.5 Å². The standard InChI is InChI=1S/C19H31N5O/c1-14-21-10-17(22-14)13-23-9-6-18-16(12-23)2-3-19(25)24(18)11-15-4-7-20-8-5-15/h10,15-16,18,20H,2-9,11-13H2,1H3,(H,21,22)/t16-,18+/m0/s1. The Labute approximate surface area is 150 Å². The van der Waals surface area contributed by atoms with Crippen LogP contribution in [-0.4, -0.2) is 64.4 Å². The Morgan fingerprint density at radius 3 is 2.84 bits per heavy atom. The second-order valence-electron chi connectivity index (χ2n) is 8.12. The molecule has 3 fully saturated rings. The largest absolute Gasteiger partial charge is 0.345 e. The van der Waals surface area contributed by atoms with Crippen molar-refractivity contribution in [3.63, 3.8) is 0 Å². The summed E-state index contributed by atoms with van der Waals surface area (Å²) in [6.45, 7) is 8.35. The smallest absolute Gasteiger partial charge is 0.222 e. The van der Waals surface area contributed by atoms with Gasteiger partial charge in [0.2, 0.25) is 5.91 Å². The summed E-state index contributed by atoms with van der Waals surface area (Å²) in [5.74, 6) is 2.71. The first kappa shape index (κ1) is 17.0. The first-order valence-electron chi connectivity index (χ1n) is 9.92. The molecule has 6 nitrogen and oxygen atoms in total. The van der Waals surface area contributed by atoms with Gasteiger partial charge in [0.05, 0.1) is 0 Å². The Hall–Kier alpha value is -1.40. The summed E-state index contributed by atoms with van der Waals surface area (Å²) in [5, 5.41) is 3.43. The fourth-order valence-electron chi connectivity index (χ4n) is 4.94. The lowest BCUT2D eigenvalue weighted by Gasteiger charge is -2.48. The monoisotopic (exact) mass is 345 g/mol. The Morgan fingerprint density at radius 1 is 1.24 bits per heavy atom. The van der Waals surface area contributed by atoms with Crippen LogP contribution in [0.15, 0.2) is 6.20 Å². The number of aromatic nitrogens is 2. The molecule has 0 bridgehead atoms. The Bertz CT molecular complexity index is 594. The summed E-state index contributed by atoms with van der Waals surface area (Å²) >= 11 is 0. The zero-order valence-electron chi connectivity index (χ0n) is 15.3. The van der Waals surface area contributed by atoms with Crippen molar-refractivity contribution in [2.24, 2.45) is 11.8 Å². The van der Waals surface area contributed by atoms with Crippen LogP contribution >= 0.6 is 0 Å². The molecule has 0 radical (unpaired) electrons. The second-order valence-corrected chi connectivity index (χ2v) is 8.12. The summed E-state index contributed by atoms with van der Waals surface area (Å²) in [4.78, 5) is 25.0. The number of hydrogen-bond donors (Lipinski definition) is 2. The van der Waals surface area contributed by atoms with E-state index in [1.807, 2.05) is 13.1 Å². The van der Waals surface area contributed by atoms with Crippen LogP contribution in [0.2, 0.25) is 0 Å². The van der Waals surface area contributed by atoms with Gasteiger partial charge in [0, 0.05) is 50.5 Å². The third-order valence-electron chi connectivity index (χ3n) is 6.29. The first-order valence-corrected chi connectivity index (χ1v) is 9.92. The molecular formula is C19H31N5O. The minimum Gasteiger partial charge on any atom is -0.345 e. The highest BCUT2D eigenvalue weighted by molar-refractivity contribution is 5.77. The number of hydrogen-bond acceptors (Lipinski definition) is 4. The van der Waals surface area contributed by atoms with Gasteiger partial charge in [-0.2, -0.15) is 0 Å². The number of rotatable bonds is 4. The number of nitrogens with one attached hydrogen (secondary N) is 2.